The summed E-state index contributed by atoms with van der Waals surface area (Å²) in [5.41, 5.74) is -0.497. The second kappa shape index (κ2) is 5.00. The third kappa shape index (κ3) is 2.23. The highest BCUT2D eigenvalue weighted by molar-refractivity contribution is 5.36. The molecule has 2 rings (SSSR count). The Labute approximate surface area is 119 Å². The lowest BCUT2D eigenvalue weighted by molar-refractivity contribution is 0.121. The first-order valence-electron chi connectivity index (χ1n) is 7.07. The van der Waals surface area contributed by atoms with Gasteiger partial charge in [-0.3, -0.25) is 4.79 Å². The first kappa shape index (κ1) is 14.7. The van der Waals surface area contributed by atoms with Crippen LogP contribution in [-0.4, -0.2) is 15.0 Å². The largest absolute Gasteiger partial charge is 0.507 e. The third-order valence-electron chi connectivity index (χ3n) is 4.71. The first-order chi connectivity index (χ1) is 9.30. The molecule has 2 unspecified atom stereocenters. The zero-order chi connectivity index (χ0) is 15.1. The molecule has 4 nitrogen and oxygen atoms in total. The Morgan fingerprint density at radius 3 is 2.75 bits per heavy atom. The van der Waals surface area contributed by atoms with Crippen LogP contribution in [0.3, 0.4) is 0 Å². The molecule has 1 fully saturated rings. The Morgan fingerprint density at radius 1 is 1.50 bits per heavy atom. The zero-order valence-electron chi connectivity index (χ0n) is 12.3. The fourth-order valence-corrected chi connectivity index (χ4v) is 4.03. The maximum atomic E-state index is 12.2. The van der Waals surface area contributed by atoms with Gasteiger partial charge in [0.2, 0.25) is 0 Å². The predicted octanol–water partition coefficient (Wildman–Crippen LogP) is 3.13. The molecule has 2 N–H and O–H groups in total. The average Bonchev–Trinajstić information content (AvgIpc) is 2.37. The summed E-state index contributed by atoms with van der Waals surface area (Å²) in [6, 6.07) is 1.37. The van der Waals surface area contributed by atoms with Crippen LogP contribution in [0, 0.1) is 17.3 Å². The van der Waals surface area contributed by atoms with Gasteiger partial charge in [0.05, 0.1) is 11.8 Å². The molecule has 20 heavy (non-hydrogen) atoms. The summed E-state index contributed by atoms with van der Waals surface area (Å²) in [6.07, 6.45) is 4.97. The van der Waals surface area contributed by atoms with Crippen molar-refractivity contribution in [1.82, 2.24) is 4.73 Å². The molecule has 1 saturated carbocycles. The molecule has 1 aromatic rings. The average molecular weight is 277 g/mol. The number of aromatic hydroxyl groups is 1. The molecule has 1 heterocycles. The minimum Gasteiger partial charge on any atom is -0.507 e. The molecule has 0 bridgehead atoms. The Hall–Kier alpha value is -1.71. The summed E-state index contributed by atoms with van der Waals surface area (Å²) >= 11 is 0. The van der Waals surface area contributed by atoms with E-state index in [-0.39, 0.29) is 23.0 Å². The minimum atomic E-state index is -0.538. The van der Waals surface area contributed by atoms with Gasteiger partial charge < -0.3 is 10.3 Å². The van der Waals surface area contributed by atoms with Crippen LogP contribution < -0.4 is 5.56 Å². The van der Waals surface area contributed by atoms with E-state index in [1.54, 1.807) is 0 Å². The molecule has 0 spiro atoms. The third-order valence-corrected chi connectivity index (χ3v) is 4.71. The van der Waals surface area contributed by atoms with Crippen LogP contribution in [0.5, 0.6) is 5.75 Å². The van der Waals surface area contributed by atoms with Crippen molar-refractivity contribution in [2.75, 3.05) is 0 Å². The number of hydrogen-bond donors (Lipinski definition) is 2. The van der Waals surface area contributed by atoms with Crippen molar-refractivity contribution >= 4 is 0 Å². The molecule has 0 aliphatic heterocycles. The van der Waals surface area contributed by atoms with E-state index in [4.69, 9.17) is 0 Å². The molecule has 0 saturated heterocycles. The van der Waals surface area contributed by atoms with Crippen molar-refractivity contribution in [2.45, 2.75) is 39.5 Å². The van der Waals surface area contributed by atoms with Gasteiger partial charge in [-0.05, 0) is 30.1 Å². The first-order valence-corrected chi connectivity index (χ1v) is 7.07. The molecule has 0 radical (unpaired) electrons. The number of aromatic nitrogens is 1. The maximum Gasteiger partial charge on any atom is 0.290 e. The topological polar surface area (TPSA) is 62.5 Å². The number of pyridine rings is 1. The number of allylic oxidation sites excluding steroid dienone is 1. The Kier molecular flexibility index (Phi) is 3.67. The van der Waals surface area contributed by atoms with Crippen LogP contribution >= 0.6 is 0 Å². The summed E-state index contributed by atoms with van der Waals surface area (Å²) < 4.78 is 0.545. The van der Waals surface area contributed by atoms with Crippen molar-refractivity contribution in [3.63, 3.8) is 0 Å². The van der Waals surface area contributed by atoms with Crippen LogP contribution in [0.15, 0.2) is 29.7 Å². The van der Waals surface area contributed by atoms with E-state index in [9.17, 15) is 15.1 Å². The van der Waals surface area contributed by atoms with Crippen LogP contribution in [-0.2, 0) is 0 Å². The van der Waals surface area contributed by atoms with Crippen molar-refractivity contribution < 1.29 is 10.3 Å². The fraction of sp³-hybridized carbons (Fsp3) is 0.562. The molecule has 4 heteroatoms. The number of hydrogen-bond acceptors (Lipinski definition) is 3. The van der Waals surface area contributed by atoms with Gasteiger partial charge in [-0.1, -0.05) is 26.8 Å². The lowest BCUT2D eigenvalue weighted by atomic mass is 9.58. The Bertz CT molecular complexity index is 578. The predicted molar refractivity (Wildman–Crippen MR) is 78.2 cm³/mol. The van der Waals surface area contributed by atoms with Gasteiger partial charge >= 0.3 is 0 Å². The zero-order valence-corrected chi connectivity index (χ0v) is 12.3. The molecule has 1 aliphatic rings. The quantitative estimate of drug-likeness (QED) is 0.645. The van der Waals surface area contributed by atoms with E-state index in [0.717, 1.165) is 12.8 Å². The molecule has 1 aliphatic carbocycles. The van der Waals surface area contributed by atoms with E-state index in [0.29, 0.717) is 16.2 Å². The fourth-order valence-electron chi connectivity index (χ4n) is 4.03. The molecule has 1 aromatic heterocycles. The van der Waals surface area contributed by atoms with E-state index in [1.165, 1.54) is 12.3 Å². The molecule has 110 valence electrons. The van der Waals surface area contributed by atoms with E-state index in [2.05, 4.69) is 27.4 Å². The number of nitrogens with zero attached hydrogens (tertiary/aromatic N) is 1. The standard InChI is InChI=1S/C16H23NO3/c1-5-16(4)9-10(2)8-11(3)14(16)13-12(18)6-7-17(20)15(13)19/h5-7,10-11,14,18,20H,1,8-9H2,2-4H3/t10-,11?,14+,16?/m1/s1. The second-order valence-corrected chi connectivity index (χ2v) is 6.47. The number of rotatable bonds is 2. The summed E-state index contributed by atoms with van der Waals surface area (Å²) in [5.74, 6) is 0.609. The SMILES string of the molecule is C=CC1(C)C[C@H](C)CC(C)[C@H]1c1c(O)ccn(O)c1=O. The van der Waals surface area contributed by atoms with E-state index in [1.807, 2.05) is 6.08 Å². The summed E-state index contributed by atoms with van der Waals surface area (Å²) in [7, 11) is 0. The van der Waals surface area contributed by atoms with Gasteiger partial charge in [0.15, 0.2) is 0 Å². The van der Waals surface area contributed by atoms with Gasteiger partial charge in [0.25, 0.3) is 5.56 Å². The van der Waals surface area contributed by atoms with Crippen LogP contribution in [0.4, 0.5) is 0 Å². The summed E-state index contributed by atoms with van der Waals surface area (Å²) in [4.78, 5) is 12.2. The molecular weight excluding hydrogens is 254 g/mol. The molecule has 0 amide bonds. The van der Waals surface area contributed by atoms with Gasteiger partial charge in [0, 0.05) is 12.0 Å². The van der Waals surface area contributed by atoms with Gasteiger partial charge in [0.1, 0.15) is 5.75 Å². The van der Waals surface area contributed by atoms with Crippen LogP contribution in [0.2, 0.25) is 0 Å². The lowest BCUT2D eigenvalue weighted by Gasteiger charge is -2.46. The highest BCUT2D eigenvalue weighted by atomic mass is 16.5. The second-order valence-electron chi connectivity index (χ2n) is 6.47. The van der Waals surface area contributed by atoms with Gasteiger partial charge in [-0.2, -0.15) is 4.73 Å². The normalized spacial score (nSPS) is 33.9. The summed E-state index contributed by atoms with van der Waals surface area (Å²) in [6.45, 7) is 10.3. The highest BCUT2D eigenvalue weighted by Gasteiger charge is 2.44. The molecule has 4 atom stereocenters. The Morgan fingerprint density at radius 2 is 2.15 bits per heavy atom. The van der Waals surface area contributed by atoms with Crippen molar-refractivity contribution in [2.24, 2.45) is 17.3 Å². The highest BCUT2D eigenvalue weighted by Crippen LogP contribution is 2.53. The Balaban J connectivity index is 2.63. The van der Waals surface area contributed by atoms with Crippen molar-refractivity contribution in [3.8, 4) is 5.75 Å². The van der Waals surface area contributed by atoms with Crippen LogP contribution in [0.1, 0.15) is 45.1 Å². The summed E-state index contributed by atoms with van der Waals surface area (Å²) in [5, 5.41) is 19.7. The van der Waals surface area contributed by atoms with Crippen LogP contribution in [0.25, 0.3) is 0 Å². The van der Waals surface area contributed by atoms with Gasteiger partial charge in [-0.15, -0.1) is 6.58 Å². The van der Waals surface area contributed by atoms with Crippen molar-refractivity contribution in [3.05, 3.63) is 40.8 Å². The monoisotopic (exact) mass is 277 g/mol. The lowest BCUT2D eigenvalue weighted by Crippen LogP contribution is -2.39. The molecule has 0 aromatic carbocycles. The molecular formula is C16H23NO3. The minimum absolute atomic E-state index is 0.0419. The van der Waals surface area contributed by atoms with E-state index >= 15 is 0 Å². The van der Waals surface area contributed by atoms with Gasteiger partial charge in [-0.25, -0.2) is 0 Å². The smallest absolute Gasteiger partial charge is 0.290 e. The van der Waals surface area contributed by atoms with E-state index < -0.39 is 5.56 Å². The van der Waals surface area contributed by atoms with Crippen molar-refractivity contribution in [1.29, 1.82) is 0 Å². The maximum absolute atomic E-state index is 12.2.